The Balaban J connectivity index is 1.76. The van der Waals surface area contributed by atoms with Crippen LogP contribution in [0.25, 0.3) is 0 Å². The molecule has 0 radical (unpaired) electrons. The van der Waals surface area contributed by atoms with Crippen molar-refractivity contribution in [1.82, 2.24) is 0 Å². The number of hydrogen-bond acceptors (Lipinski definition) is 6. The van der Waals surface area contributed by atoms with Crippen LogP contribution in [0, 0.1) is 10.1 Å². The molecule has 26 heavy (non-hydrogen) atoms. The second-order valence-electron chi connectivity index (χ2n) is 4.87. The fraction of sp³-hybridized carbons (Fsp3) is 0.125. The number of nitro groups is 1. The van der Waals surface area contributed by atoms with Crippen LogP contribution in [-0.2, 0) is 14.3 Å². The lowest BCUT2D eigenvalue weighted by Gasteiger charge is -2.09. The van der Waals surface area contributed by atoms with Gasteiger partial charge in [-0.25, -0.2) is 4.79 Å². The summed E-state index contributed by atoms with van der Waals surface area (Å²) in [7, 11) is 0. The number of carbonyl (C=O) groups is 2. The second kappa shape index (κ2) is 9.02. The predicted octanol–water partition coefficient (Wildman–Crippen LogP) is 3.46. The van der Waals surface area contributed by atoms with Gasteiger partial charge < -0.3 is 14.8 Å². The number of nitro benzene ring substituents is 1. The van der Waals surface area contributed by atoms with Crippen molar-refractivity contribution in [1.29, 1.82) is 0 Å². The van der Waals surface area contributed by atoms with Crippen molar-refractivity contribution in [2.75, 3.05) is 18.5 Å². The lowest BCUT2D eigenvalue weighted by Crippen LogP contribution is -2.23. The Morgan fingerprint density at radius 2 is 1.77 bits per heavy atom. The van der Waals surface area contributed by atoms with Crippen LogP contribution in [-0.4, -0.2) is 30.0 Å². The fourth-order valence-corrected chi connectivity index (χ4v) is 2.11. The van der Waals surface area contributed by atoms with Crippen LogP contribution in [0.15, 0.2) is 42.5 Å². The van der Waals surface area contributed by atoms with Gasteiger partial charge in [-0.05, 0) is 30.3 Å². The molecule has 0 aromatic heterocycles. The Morgan fingerprint density at radius 1 is 1.08 bits per heavy atom. The molecule has 1 N–H and O–H groups in total. The number of carbonyl (C=O) groups excluding carboxylic acids is 2. The van der Waals surface area contributed by atoms with Crippen molar-refractivity contribution in [3.63, 3.8) is 0 Å². The largest absolute Gasteiger partial charge is 0.482 e. The van der Waals surface area contributed by atoms with Gasteiger partial charge in [-0.15, -0.1) is 0 Å². The maximum Gasteiger partial charge on any atom is 0.344 e. The number of esters is 1. The van der Waals surface area contributed by atoms with Crippen LogP contribution >= 0.6 is 23.2 Å². The molecular weight excluding hydrogens is 387 g/mol. The molecule has 0 spiro atoms. The number of anilines is 1. The van der Waals surface area contributed by atoms with E-state index >= 15 is 0 Å². The Bertz CT molecular complexity index is 826. The zero-order valence-corrected chi connectivity index (χ0v) is 14.6. The van der Waals surface area contributed by atoms with Crippen molar-refractivity contribution < 1.29 is 24.0 Å². The molecule has 2 aromatic carbocycles. The third kappa shape index (κ3) is 5.91. The van der Waals surface area contributed by atoms with E-state index in [1.54, 1.807) is 6.07 Å². The summed E-state index contributed by atoms with van der Waals surface area (Å²) in [6.07, 6.45) is 0. The fourth-order valence-electron chi connectivity index (χ4n) is 1.77. The van der Waals surface area contributed by atoms with Crippen LogP contribution < -0.4 is 10.1 Å². The van der Waals surface area contributed by atoms with Gasteiger partial charge >= 0.3 is 5.97 Å². The van der Waals surface area contributed by atoms with Crippen molar-refractivity contribution in [3.8, 4) is 5.75 Å². The van der Waals surface area contributed by atoms with E-state index in [2.05, 4.69) is 5.32 Å². The van der Waals surface area contributed by atoms with E-state index in [-0.39, 0.29) is 16.5 Å². The van der Waals surface area contributed by atoms with Gasteiger partial charge in [-0.1, -0.05) is 23.2 Å². The molecule has 0 aliphatic rings. The van der Waals surface area contributed by atoms with Gasteiger partial charge in [0.05, 0.1) is 15.6 Å². The van der Waals surface area contributed by atoms with E-state index in [4.69, 9.17) is 32.7 Å². The number of nitrogens with zero attached hydrogens (tertiary/aromatic N) is 1. The Labute approximate surface area is 157 Å². The van der Waals surface area contributed by atoms with Gasteiger partial charge in [0.1, 0.15) is 5.75 Å². The van der Waals surface area contributed by atoms with Crippen LogP contribution in [0.4, 0.5) is 11.4 Å². The molecule has 10 heteroatoms. The Hall–Kier alpha value is -2.84. The normalized spacial score (nSPS) is 10.1. The maximum atomic E-state index is 11.8. The minimum Gasteiger partial charge on any atom is -0.482 e. The molecule has 0 saturated heterocycles. The number of nitrogens with one attached hydrogen (secondary N) is 1. The first kappa shape index (κ1) is 19.5. The zero-order chi connectivity index (χ0) is 19.1. The van der Waals surface area contributed by atoms with Crippen molar-refractivity contribution in [2.45, 2.75) is 0 Å². The minimum absolute atomic E-state index is 0.101. The van der Waals surface area contributed by atoms with Gasteiger partial charge in [0.2, 0.25) is 0 Å². The predicted molar refractivity (Wildman–Crippen MR) is 94.6 cm³/mol. The summed E-state index contributed by atoms with van der Waals surface area (Å²) in [6.45, 7) is -0.992. The molecule has 0 unspecified atom stereocenters. The first-order chi connectivity index (χ1) is 12.3. The number of ether oxygens (including phenoxy) is 2. The standard InChI is InChI=1S/C16H12Cl2N2O6/c17-10-1-6-13(18)14(7-10)19-15(21)8-26-16(22)9-25-12-4-2-11(3-5-12)20(23)24/h1-7H,8-9H2,(H,19,21). The van der Waals surface area contributed by atoms with E-state index < -0.39 is 30.0 Å². The average Bonchev–Trinajstić information content (AvgIpc) is 2.61. The summed E-state index contributed by atoms with van der Waals surface area (Å²) < 4.78 is 9.89. The minimum atomic E-state index is -0.782. The van der Waals surface area contributed by atoms with E-state index in [9.17, 15) is 19.7 Å². The van der Waals surface area contributed by atoms with E-state index in [0.29, 0.717) is 10.7 Å². The number of rotatable bonds is 7. The molecule has 2 rings (SSSR count). The van der Waals surface area contributed by atoms with Crippen molar-refractivity contribution in [3.05, 3.63) is 62.6 Å². The molecule has 2 aromatic rings. The van der Waals surface area contributed by atoms with Gasteiger partial charge in [-0.3, -0.25) is 14.9 Å². The highest BCUT2D eigenvalue weighted by molar-refractivity contribution is 6.35. The lowest BCUT2D eigenvalue weighted by molar-refractivity contribution is -0.384. The summed E-state index contributed by atoms with van der Waals surface area (Å²) in [5, 5.41) is 13.7. The highest BCUT2D eigenvalue weighted by Crippen LogP contribution is 2.25. The number of halogens is 2. The first-order valence-corrected chi connectivity index (χ1v) is 7.88. The van der Waals surface area contributed by atoms with Gasteiger partial charge in [-0.2, -0.15) is 0 Å². The molecule has 8 nitrogen and oxygen atoms in total. The molecule has 1 amide bonds. The third-order valence-electron chi connectivity index (χ3n) is 2.97. The molecular formula is C16H12Cl2N2O6. The molecule has 0 saturated carbocycles. The molecule has 0 aliphatic heterocycles. The highest BCUT2D eigenvalue weighted by atomic mass is 35.5. The quantitative estimate of drug-likeness (QED) is 0.434. The SMILES string of the molecule is O=C(COC(=O)COc1ccc([N+](=O)[O-])cc1)Nc1cc(Cl)ccc1Cl. The summed E-state index contributed by atoms with van der Waals surface area (Å²) in [5.41, 5.74) is 0.193. The van der Waals surface area contributed by atoms with Crippen LogP contribution in [0.5, 0.6) is 5.75 Å². The zero-order valence-electron chi connectivity index (χ0n) is 13.1. The van der Waals surface area contributed by atoms with Crippen molar-refractivity contribution in [2.24, 2.45) is 0 Å². The third-order valence-corrected chi connectivity index (χ3v) is 3.54. The number of amides is 1. The van der Waals surface area contributed by atoms with Crippen molar-refractivity contribution >= 4 is 46.5 Å². The van der Waals surface area contributed by atoms with Crippen LogP contribution in [0.3, 0.4) is 0 Å². The Kier molecular flexibility index (Phi) is 6.76. The van der Waals surface area contributed by atoms with E-state index in [0.717, 1.165) is 0 Å². The highest BCUT2D eigenvalue weighted by Gasteiger charge is 2.11. The smallest absolute Gasteiger partial charge is 0.344 e. The van der Waals surface area contributed by atoms with Gasteiger partial charge in [0, 0.05) is 17.2 Å². The van der Waals surface area contributed by atoms with Gasteiger partial charge in [0.25, 0.3) is 11.6 Å². The van der Waals surface area contributed by atoms with E-state index in [1.807, 2.05) is 0 Å². The molecule has 0 fully saturated rings. The molecule has 0 aliphatic carbocycles. The monoisotopic (exact) mass is 398 g/mol. The average molecular weight is 399 g/mol. The molecule has 0 atom stereocenters. The topological polar surface area (TPSA) is 108 Å². The second-order valence-corrected chi connectivity index (χ2v) is 5.72. The van der Waals surface area contributed by atoms with E-state index in [1.165, 1.54) is 36.4 Å². The van der Waals surface area contributed by atoms with Crippen LogP contribution in [0.1, 0.15) is 0 Å². The lowest BCUT2D eigenvalue weighted by atomic mass is 10.3. The Morgan fingerprint density at radius 3 is 2.42 bits per heavy atom. The van der Waals surface area contributed by atoms with Gasteiger partial charge in [0.15, 0.2) is 13.2 Å². The maximum absolute atomic E-state index is 11.8. The summed E-state index contributed by atoms with van der Waals surface area (Å²) in [5.74, 6) is -1.13. The summed E-state index contributed by atoms with van der Waals surface area (Å²) >= 11 is 11.7. The molecule has 136 valence electrons. The number of non-ortho nitro benzene ring substituents is 1. The first-order valence-electron chi connectivity index (χ1n) is 7.13. The number of benzene rings is 2. The summed E-state index contributed by atoms with van der Waals surface area (Å²) in [6, 6.07) is 9.71. The summed E-state index contributed by atoms with van der Waals surface area (Å²) in [4.78, 5) is 33.3. The molecule has 0 bridgehead atoms. The van der Waals surface area contributed by atoms with Crippen LogP contribution in [0.2, 0.25) is 10.0 Å². The molecule has 0 heterocycles. The number of hydrogen-bond donors (Lipinski definition) is 1.